The largest absolute Gasteiger partial charge is 0.475 e. The minimum Gasteiger partial charge on any atom is -0.475 e. The topological polar surface area (TPSA) is 90.7 Å². The van der Waals surface area contributed by atoms with Gasteiger partial charge in [0, 0.05) is 18.7 Å². The second-order valence-electron chi connectivity index (χ2n) is 4.46. The van der Waals surface area contributed by atoms with E-state index in [9.17, 15) is 14.9 Å². The molecule has 0 aliphatic carbocycles. The highest BCUT2D eigenvalue weighted by atomic mass is 16.6. The zero-order chi connectivity index (χ0) is 15.1. The fraction of sp³-hybridized carbons (Fsp3) is 0.462. The normalized spacial score (nSPS) is 10.4. The second kappa shape index (κ2) is 7.44. The second-order valence-corrected chi connectivity index (χ2v) is 4.46. The monoisotopic (exact) mass is 282 g/mol. The number of nitrogens with one attached hydrogen (secondary N) is 1. The van der Waals surface area contributed by atoms with Gasteiger partial charge >= 0.3 is 11.7 Å². The maximum atomic E-state index is 11.0. The number of nitrogens with zero attached hydrogens (tertiary/aromatic N) is 1. The maximum Gasteiger partial charge on any atom is 0.343 e. The highest BCUT2D eigenvalue weighted by Crippen LogP contribution is 2.28. The molecule has 0 spiro atoms. The maximum absolute atomic E-state index is 11.0. The van der Waals surface area contributed by atoms with Gasteiger partial charge < -0.3 is 14.8 Å². The number of benzene rings is 1. The van der Waals surface area contributed by atoms with Gasteiger partial charge in [-0.15, -0.1) is 0 Å². The zero-order valence-electron chi connectivity index (χ0n) is 11.7. The van der Waals surface area contributed by atoms with E-state index < -0.39 is 10.9 Å². The summed E-state index contributed by atoms with van der Waals surface area (Å²) in [7, 11) is 1.22. The number of ether oxygens (including phenoxy) is 2. The molecule has 0 atom stereocenters. The van der Waals surface area contributed by atoms with E-state index in [1.165, 1.54) is 19.2 Å². The van der Waals surface area contributed by atoms with E-state index in [4.69, 9.17) is 4.74 Å². The van der Waals surface area contributed by atoms with Crippen LogP contribution in [0.1, 0.15) is 19.4 Å². The molecule has 1 N–H and O–H groups in total. The van der Waals surface area contributed by atoms with Gasteiger partial charge in [-0.2, -0.15) is 0 Å². The number of esters is 1. The van der Waals surface area contributed by atoms with E-state index in [1.807, 2.05) is 13.8 Å². The molecule has 0 aromatic heterocycles. The molecule has 1 rings (SSSR count). The van der Waals surface area contributed by atoms with Crippen LogP contribution in [0.25, 0.3) is 0 Å². The molecule has 0 aliphatic heterocycles. The van der Waals surface area contributed by atoms with E-state index >= 15 is 0 Å². The van der Waals surface area contributed by atoms with E-state index in [0.29, 0.717) is 6.54 Å². The lowest BCUT2D eigenvalue weighted by Crippen LogP contribution is -2.21. The Labute approximate surface area is 117 Å². The minimum absolute atomic E-state index is 0.0497. The summed E-state index contributed by atoms with van der Waals surface area (Å²) in [6.45, 7) is 4.14. The molecule has 0 saturated carbocycles. The Balaban J connectivity index is 2.84. The van der Waals surface area contributed by atoms with E-state index in [0.717, 1.165) is 5.56 Å². The molecule has 0 aliphatic rings. The number of hydrogen-bond acceptors (Lipinski definition) is 6. The van der Waals surface area contributed by atoms with Crippen molar-refractivity contribution in [1.29, 1.82) is 0 Å². The summed E-state index contributed by atoms with van der Waals surface area (Å²) in [6.07, 6.45) is 0. The van der Waals surface area contributed by atoms with Crippen molar-refractivity contribution >= 4 is 11.7 Å². The Hall–Kier alpha value is -2.15. The third kappa shape index (κ3) is 4.85. The van der Waals surface area contributed by atoms with Crippen LogP contribution >= 0.6 is 0 Å². The van der Waals surface area contributed by atoms with Crippen LogP contribution in [0.4, 0.5) is 5.69 Å². The Morgan fingerprint density at radius 2 is 2.15 bits per heavy atom. The summed E-state index contributed by atoms with van der Waals surface area (Å²) < 4.78 is 9.51. The number of carbonyl (C=O) groups excluding carboxylic acids is 1. The fourth-order valence-corrected chi connectivity index (χ4v) is 1.46. The molecule has 20 heavy (non-hydrogen) atoms. The van der Waals surface area contributed by atoms with Crippen LogP contribution < -0.4 is 10.1 Å². The number of hydrogen-bond donors (Lipinski definition) is 1. The van der Waals surface area contributed by atoms with Crippen molar-refractivity contribution in [3.63, 3.8) is 0 Å². The van der Waals surface area contributed by atoms with Crippen molar-refractivity contribution in [2.24, 2.45) is 0 Å². The van der Waals surface area contributed by atoms with Crippen LogP contribution in [0.2, 0.25) is 0 Å². The molecule has 0 amide bonds. The van der Waals surface area contributed by atoms with Crippen molar-refractivity contribution in [3.8, 4) is 5.75 Å². The standard InChI is InChI=1S/C13H18N2O5/c1-9(2)14-7-10-4-5-12(11(6-10)15(17)18)20-8-13(16)19-3/h4-6,9,14H,7-8H2,1-3H3. The summed E-state index contributed by atoms with van der Waals surface area (Å²) in [5.74, 6) is -0.543. The molecule has 7 nitrogen and oxygen atoms in total. The summed E-state index contributed by atoms with van der Waals surface area (Å²) >= 11 is 0. The predicted octanol–water partition coefficient (Wildman–Crippen LogP) is 1.64. The van der Waals surface area contributed by atoms with Gasteiger partial charge in [-0.1, -0.05) is 19.9 Å². The number of nitro groups is 1. The van der Waals surface area contributed by atoms with Crippen LogP contribution in [0.15, 0.2) is 18.2 Å². The van der Waals surface area contributed by atoms with Crippen LogP contribution in [-0.4, -0.2) is 30.7 Å². The van der Waals surface area contributed by atoms with Gasteiger partial charge in [0.2, 0.25) is 0 Å². The number of nitro benzene ring substituents is 1. The zero-order valence-corrected chi connectivity index (χ0v) is 11.7. The molecule has 0 fully saturated rings. The van der Waals surface area contributed by atoms with Gasteiger partial charge in [-0.05, 0) is 11.6 Å². The SMILES string of the molecule is COC(=O)COc1ccc(CNC(C)C)cc1[N+](=O)[O-]. The average Bonchev–Trinajstić information content (AvgIpc) is 2.42. The molecule has 0 heterocycles. The highest BCUT2D eigenvalue weighted by Gasteiger charge is 2.17. The van der Waals surface area contributed by atoms with Crippen molar-refractivity contribution in [2.45, 2.75) is 26.4 Å². The molecule has 110 valence electrons. The van der Waals surface area contributed by atoms with Gasteiger partial charge in [0.05, 0.1) is 12.0 Å². The Morgan fingerprint density at radius 3 is 2.70 bits per heavy atom. The first kappa shape index (κ1) is 15.9. The predicted molar refractivity (Wildman–Crippen MR) is 72.6 cm³/mol. The van der Waals surface area contributed by atoms with Crippen molar-refractivity contribution in [1.82, 2.24) is 5.32 Å². The smallest absolute Gasteiger partial charge is 0.343 e. The molecule has 1 aromatic rings. The van der Waals surface area contributed by atoms with Crippen molar-refractivity contribution in [2.75, 3.05) is 13.7 Å². The molecule has 0 unspecified atom stereocenters. The first-order valence-electron chi connectivity index (χ1n) is 6.14. The van der Waals surface area contributed by atoms with Crippen LogP contribution in [-0.2, 0) is 16.1 Å². The van der Waals surface area contributed by atoms with Gasteiger partial charge in [0.1, 0.15) is 0 Å². The number of carbonyl (C=O) groups is 1. The fourth-order valence-electron chi connectivity index (χ4n) is 1.46. The van der Waals surface area contributed by atoms with E-state index in [2.05, 4.69) is 10.1 Å². The quantitative estimate of drug-likeness (QED) is 0.464. The molecule has 0 saturated heterocycles. The molecular formula is C13H18N2O5. The molecule has 0 bridgehead atoms. The van der Waals surface area contributed by atoms with E-state index in [-0.39, 0.29) is 24.1 Å². The lowest BCUT2D eigenvalue weighted by atomic mass is 10.2. The minimum atomic E-state index is -0.593. The summed E-state index contributed by atoms with van der Waals surface area (Å²) in [4.78, 5) is 21.5. The van der Waals surface area contributed by atoms with E-state index in [1.54, 1.807) is 6.07 Å². The first-order valence-corrected chi connectivity index (χ1v) is 6.14. The average molecular weight is 282 g/mol. The lowest BCUT2D eigenvalue weighted by molar-refractivity contribution is -0.385. The van der Waals surface area contributed by atoms with Gasteiger partial charge in [-0.3, -0.25) is 10.1 Å². The van der Waals surface area contributed by atoms with Gasteiger partial charge in [0.15, 0.2) is 12.4 Å². The lowest BCUT2D eigenvalue weighted by Gasteiger charge is -2.10. The Morgan fingerprint density at radius 1 is 1.45 bits per heavy atom. The summed E-state index contributed by atoms with van der Waals surface area (Å²) in [5.41, 5.74) is 0.604. The molecule has 7 heteroatoms. The first-order chi connectivity index (χ1) is 9.43. The Kier molecular flexibility index (Phi) is 5.92. The van der Waals surface area contributed by atoms with Crippen LogP contribution in [0, 0.1) is 10.1 Å². The molecular weight excluding hydrogens is 264 g/mol. The summed E-state index contributed by atoms with van der Waals surface area (Å²) in [5, 5.41) is 14.2. The van der Waals surface area contributed by atoms with Crippen molar-refractivity contribution in [3.05, 3.63) is 33.9 Å². The van der Waals surface area contributed by atoms with Crippen LogP contribution in [0.3, 0.4) is 0 Å². The van der Waals surface area contributed by atoms with Gasteiger partial charge in [0.25, 0.3) is 0 Å². The van der Waals surface area contributed by atoms with Gasteiger partial charge in [-0.25, -0.2) is 4.79 Å². The van der Waals surface area contributed by atoms with Crippen LogP contribution in [0.5, 0.6) is 5.75 Å². The summed E-state index contributed by atoms with van der Waals surface area (Å²) in [6, 6.07) is 4.92. The van der Waals surface area contributed by atoms with Crippen molar-refractivity contribution < 1.29 is 19.2 Å². The molecule has 1 aromatic carbocycles. The third-order valence-electron chi connectivity index (χ3n) is 2.51. The highest BCUT2D eigenvalue weighted by molar-refractivity contribution is 5.71. The Bertz CT molecular complexity index is 488. The molecule has 0 radical (unpaired) electrons. The number of rotatable bonds is 7. The number of methoxy groups -OCH3 is 1. The third-order valence-corrected chi connectivity index (χ3v) is 2.51.